The summed E-state index contributed by atoms with van der Waals surface area (Å²) in [6, 6.07) is 11.4. The molecule has 1 aromatic carbocycles. The van der Waals surface area contributed by atoms with Crippen molar-refractivity contribution in [1.82, 2.24) is 4.90 Å². The summed E-state index contributed by atoms with van der Waals surface area (Å²) in [5.41, 5.74) is 0.891. The summed E-state index contributed by atoms with van der Waals surface area (Å²) in [4.78, 5) is 17.9. The minimum absolute atomic E-state index is 0.0647. The second-order valence-electron chi connectivity index (χ2n) is 4.39. The summed E-state index contributed by atoms with van der Waals surface area (Å²) in [7, 11) is 0. The van der Waals surface area contributed by atoms with Crippen LogP contribution in [0.5, 0.6) is 0 Å². The lowest BCUT2D eigenvalue weighted by molar-refractivity contribution is -0.438. The zero-order valence-corrected chi connectivity index (χ0v) is 12.2. The molecule has 0 saturated heterocycles. The van der Waals surface area contributed by atoms with Gasteiger partial charge in [0.25, 0.3) is 0 Å². The highest BCUT2D eigenvalue weighted by Crippen LogP contribution is 2.16. The lowest BCUT2D eigenvalue weighted by Crippen LogP contribution is -2.72. The van der Waals surface area contributed by atoms with Gasteiger partial charge in [0.1, 0.15) is 6.54 Å². The summed E-state index contributed by atoms with van der Waals surface area (Å²) in [5.74, 6) is 0.778. The van der Waals surface area contributed by atoms with E-state index in [-0.39, 0.29) is 5.91 Å². The number of benzene rings is 1. The van der Waals surface area contributed by atoms with Gasteiger partial charge < -0.3 is 0 Å². The van der Waals surface area contributed by atoms with Crippen LogP contribution in [0.2, 0.25) is 5.02 Å². The van der Waals surface area contributed by atoms with Crippen molar-refractivity contribution in [3.63, 3.8) is 0 Å². The molecule has 3 rings (SSSR count). The molecule has 4 nitrogen and oxygen atoms in total. The molecule has 20 heavy (non-hydrogen) atoms. The normalized spacial score (nSPS) is 14.6. The van der Waals surface area contributed by atoms with Crippen LogP contribution in [0, 0.1) is 0 Å². The standard InChI is InChI=1S/C14H12ClN3OS/c15-10-3-5-11(6-4-10)17-14-16-8-13(19)18(14)9-12-2-1-7-20-12/h1-7H,8-9H2,(H,16,17)/p+1. The van der Waals surface area contributed by atoms with E-state index in [4.69, 9.17) is 11.6 Å². The first-order chi connectivity index (χ1) is 9.72. The van der Waals surface area contributed by atoms with Crippen molar-refractivity contribution in [3.05, 3.63) is 51.7 Å². The maximum Gasteiger partial charge on any atom is 0.358 e. The SMILES string of the molecule is O=C1C[NH+]=C(Nc2ccc(Cl)cc2)N1Cc1cccs1. The molecule has 0 saturated carbocycles. The van der Waals surface area contributed by atoms with E-state index in [1.807, 2.05) is 41.8 Å². The number of nitrogens with one attached hydrogen (secondary N) is 2. The van der Waals surface area contributed by atoms with Crippen LogP contribution in [0.3, 0.4) is 0 Å². The van der Waals surface area contributed by atoms with Crippen molar-refractivity contribution in [2.45, 2.75) is 6.54 Å². The van der Waals surface area contributed by atoms with Crippen LogP contribution in [0.4, 0.5) is 5.69 Å². The monoisotopic (exact) mass is 306 g/mol. The molecule has 1 aliphatic heterocycles. The Morgan fingerprint density at radius 1 is 1.30 bits per heavy atom. The van der Waals surface area contributed by atoms with Crippen molar-refractivity contribution in [3.8, 4) is 0 Å². The number of rotatable bonds is 3. The van der Waals surface area contributed by atoms with Gasteiger partial charge in [-0.25, -0.2) is 5.32 Å². The van der Waals surface area contributed by atoms with Crippen LogP contribution in [-0.4, -0.2) is 23.3 Å². The van der Waals surface area contributed by atoms with Crippen molar-refractivity contribution < 1.29 is 9.79 Å². The maximum absolute atomic E-state index is 11.9. The quantitative estimate of drug-likeness (QED) is 0.898. The third kappa shape index (κ3) is 2.84. The van der Waals surface area contributed by atoms with Gasteiger partial charge in [-0.05, 0) is 35.7 Å². The minimum atomic E-state index is 0.0647. The Balaban J connectivity index is 1.74. The van der Waals surface area contributed by atoms with Gasteiger partial charge in [0.2, 0.25) is 0 Å². The van der Waals surface area contributed by atoms with E-state index in [2.05, 4.69) is 10.3 Å². The topological polar surface area (TPSA) is 46.3 Å². The Morgan fingerprint density at radius 3 is 2.80 bits per heavy atom. The van der Waals surface area contributed by atoms with Crippen LogP contribution in [0.1, 0.15) is 4.88 Å². The average Bonchev–Trinajstić information content (AvgIpc) is 3.06. The Labute approximate surface area is 125 Å². The lowest BCUT2D eigenvalue weighted by Gasteiger charge is -2.11. The number of hydrogen-bond donors (Lipinski definition) is 2. The summed E-state index contributed by atoms with van der Waals surface area (Å²) in [6.45, 7) is 0.903. The van der Waals surface area contributed by atoms with Gasteiger partial charge in [0.05, 0.1) is 5.69 Å². The van der Waals surface area contributed by atoms with E-state index in [0.29, 0.717) is 24.1 Å². The molecule has 2 N–H and O–H groups in total. The molecular weight excluding hydrogens is 294 g/mol. The van der Waals surface area contributed by atoms with Crippen molar-refractivity contribution in [2.75, 3.05) is 11.9 Å². The van der Waals surface area contributed by atoms with Crippen molar-refractivity contribution >= 4 is 40.5 Å². The first kappa shape index (κ1) is 13.1. The van der Waals surface area contributed by atoms with E-state index in [1.165, 1.54) is 0 Å². The molecular formula is C14H13ClN3OS+. The molecule has 2 aromatic rings. The Bertz CT molecular complexity index is 637. The summed E-state index contributed by atoms with van der Waals surface area (Å²) >= 11 is 7.50. The third-order valence-corrected chi connectivity index (χ3v) is 4.09. The summed E-state index contributed by atoms with van der Waals surface area (Å²) in [6.07, 6.45) is 0. The van der Waals surface area contributed by atoms with Crippen LogP contribution in [-0.2, 0) is 11.3 Å². The number of carbonyl (C=O) groups is 1. The molecule has 2 heterocycles. The molecule has 102 valence electrons. The molecule has 1 aromatic heterocycles. The molecule has 0 atom stereocenters. The highest BCUT2D eigenvalue weighted by molar-refractivity contribution is 7.09. The Hall–Kier alpha value is -1.85. The fourth-order valence-corrected chi connectivity index (χ4v) is 2.80. The van der Waals surface area contributed by atoms with E-state index in [1.54, 1.807) is 16.2 Å². The first-order valence-corrected chi connectivity index (χ1v) is 7.44. The fourth-order valence-electron chi connectivity index (χ4n) is 1.98. The molecule has 0 aliphatic carbocycles. The van der Waals surface area contributed by atoms with Gasteiger partial charge in [0.15, 0.2) is 6.54 Å². The molecule has 0 spiro atoms. The van der Waals surface area contributed by atoms with E-state index in [9.17, 15) is 4.79 Å². The zero-order valence-electron chi connectivity index (χ0n) is 10.6. The smallest absolute Gasteiger partial charge is 0.266 e. The van der Waals surface area contributed by atoms with Gasteiger partial charge >= 0.3 is 11.9 Å². The molecule has 0 radical (unpaired) electrons. The second-order valence-corrected chi connectivity index (χ2v) is 5.86. The maximum atomic E-state index is 11.9. The van der Waals surface area contributed by atoms with E-state index in [0.717, 1.165) is 10.6 Å². The number of thiophene rings is 1. The number of guanidine groups is 1. The molecule has 1 aliphatic rings. The highest BCUT2D eigenvalue weighted by Gasteiger charge is 2.33. The van der Waals surface area contributed by atoms with E-state index >= 15 is 0 Å². The fraction of sp³-hybridized carbons (Fsp3) is 0.143. The number of amides is 1. The zero-order chi connectivity index (χ0) is 13.9. The van der Waals surface area contributed by atoms with Gasteiger partial charge in [-0.3, -0.25) is 9.79 Å². The number of hydrogen-bond acceptors (Lipinski definition) is 3. The predicted molar refractivity (Wildman–Crippen MR) is 80.8 cm³/mol. The molecule has 0 unspecified atom stereocenters. The van der Waals surface area contributed by atoms with Crippen molar-refractivity contribution in [2.24, 2.45) is 0 Å². The first-order valence-electron chi connectivity index (χ1n) is 6.18. The summed E-state index contributed by atoms with van der Waals surface area (Å²) in [5, 5.41) is 5.91. The molecule has 0 bridgehead atoms. The molecule has 6 heteroatoms. The van der Waals surface area contributed by atoms with Gasteiger partial charge in [-0.2, -0.15) is 4.90 Å². The van der Waals surface area contributed by atoms with Crippen LogP contribution < -0.4 is 10.3 Å². The minimum Gasteiger partial charge on any atom is -0.266 e. The number of nitrogens with zero attached hydrogens (tertiary/aromatic N) is 1. The average molecular weight is 307 g/mol. The predicted octanol–water partition coefficient (Wildman–Crippen LogP) is 1.29. The van der Waals surface area contributed by atoms with Gasteiger partial charge in [-0.1, -0.05) is 17.7 Å². The van der Waals surface area contributed by atoms with Crippen molar-refractivity contribution in [1.29, 1.82) is 0 Å². The number of anilines is 1. The highest BCUT2D eigenvalue weighted by atomic mass is 35.5. The van der Waals surface area contributed by atoms with Crippen LogP contribution in [0.15, 0.2) is 41.8 Å². The Morgan fingerprint density at radius 2 is 2.10 bits per heavy atom. The summed E-state index contributed by atoms with van der Waals surface area (Å²) < 4.78 is 0. The second kappa shape index (κ2) is 5.64. The number of halogens is 1. The largest absolute Gasteiger partial charge is 0.358 e. The lowest BCUT2D eigenvalue weighted by atomic mass is 10.3. The number of carbonyl (C=O) groups excluding carboxylic acids is 1. The van der Waals surface area contributed by atoms with E-state index < -0.39 is 0 Å². The molecule has 1 amide bonds. The third-order valence-electron chi connectivity index (χ3n) is 2.98. The van der Waals surface area contributed by atoms with Crippen LogP contribution in [0.25, 0.3) is 0 Å². The van der Waals surface area contributed by atoms with Gasteiger partial charge in [-0.15, -0.1) is 11.3 Å². The van der Waals surface area contributed by atoms with Gasteiger partial charge in [0, 0.05) is 9.90 Å². The Kier molecular flexibility index (Phi) is 3.71. The van der Waals surface area contributed by atoms with Crippen LogP contribution >= 0.6 is 22.9 Å². The molecule has 0 fully saturated rings.